The Hall–Kier alpha value is -0.820. The Balaban J connectivity index is 2.92. The van der Waals surface area contributed by atoms with Gasteiger partial charge in [0.05, 0.1) is 19.6 Å². The van der Waals surface area contributed by atoms with Gasteiger partial charge in [0.15, 0.2) is 0 Å². The lowest BCUT2D eigenvalue weighted by Crippen LogP contribution is -2.51. The highest BCUT2D eigenvalue weighted by molar-refractivity contribution is 5.42. The molecule has 1 heteroatoms. The zero-order chi connectivity index (χ0) is 16.5. The fraction of sp³-hybridized carbons (Fsp3) is 0.714. The second-order valence-electron chi connectivity index (χ2n) is 8.02. The molecule has 1 aromatic rings. The van der Waals surface area contributed by atoms with E-state index in [2.05, 4.69) is 65.0 Å². The molecule has 0 heterocycles. The van der Waals surface area contributed by atoms with Crippen molar-refractivity contribution in [3.05, 3.63) is 30.3 Å². The van der Waals surface area contributed by atoms with Gasteiger partial charge in [-0.05, 0) is 43.2 Å². The summed E-state index contributed by atoms with van der Waals surface area (Å²) in [5.41, 5.74) is 1.97. The van der Waals surface area contributed by atoms with Crippen LogP contribution in [0.4, 0.5) is 5.69 Å². The van der Waals surface area contributed by atoms with Gasteiger partial charge in [-0.3, -0.25) is 4.48 Å². The van der Waals surface area contributed by atoms with Gasteiger partial charge in [0.25, 0.3) is 0 Å². The van der Waals surface area contributed by atoms with Crippen LogP contribution in [-0.2, 0) is 0 Å². The average Bonchev–Trinajstić information content (AvgIpc) is 2.49. The Morgan fingerprint density at radius 1 is 0.773 bits per heavy atom. The van der Waals surface area contributed by atoms with Crippen LogP contribution in [-0.4, -0.2) is 19.6 Å². The molecule has 1 aromatic carbocycles. The minimum atomic E-state index is 0.446. The number of para-hydroxylation sites is 1. The number of rotatable bonds is 10. The molecule has 0 spiro atoms. The molecule has 1 nitrogen and oxygen atoms in total. The molecule has 0 aromatic heterocycles. The molecule has 0 atom stereocenters. The van der Waals surface area contributed by atoms with E-state index in [0.29, 0.717) is 5.41 Å². The number of benzene rings is 1. The van der Waals surface area contributed by atoms with Crippen LogP contribution in [0.2, 0.25) is 0 Å². The van der Waals surface area contributed by atoms with Crippen LogP contribution in [0.15, 0.2) is 30.3 Å². The molecule has 0 amide bonds. The van der Waals surface area contributed by atoms with Crippen LogP contribution in [0.25, 0.3) is 0 Å². The molecule has 0 radical (unpaired) electrons. The highest BCUT2D eigenvalue weighted by atomic mass is 15.4. The highest BCUT2D eigenvalue weighted by Gasteiger charge is 2.29. The Labute approximate surface area is 139 Å². The lowest BCUT2D eigenvalue weighted by atomic mass is 9.90. The van der Waals surface area contributed by atoms with E-state index < -0.39 is 0 Å². The van der Waals surface area contributed by atoms with Crippen LogP contribution in [0.1, 0.15) is 73.1 Å². The summed E-state index contributed by atoms with van der Waals surface area (Å²) in [5.74, 6) is 0. The molecular weight excluding hydrogens is 266 g/mol. The smallest absolute Gasteiger partial charge is 0.132 e. The lowest BCUT2D eigenvalue weighted by Gasteiger charge is -2.39. The van der Waals surface area contributed by atoms with Crippen molar-refractivity contribution in [1.29, 1.82) is 0 Å². The first-order valence-corrected chi connectivity index (χ1v) is 9.35. The van der Waals surface area contributed by atoms with E-state index in [1.165, 1.54) is 68.3 Å². The van der Waals surface area contributed by atoms with Gasteiger partial charge in [-0.25, -0.2) is 0 Å². The minimum Gasteiger partial charge on any atom is -0.291 e. The summed E-state index contributed by atoms with van der Waals surface area (Å²) >= 11 is 0. The van der Waals surface area contributed by atoms with E-state index in [0.717, 1.165) is 0 Å². The normalized spacial score (nSPS) is 12.6. The first kappa shape index (κ1) is 19.2. The zero-order valence-corrected chi connectivity index (χ0v) is 15.7. The minimum absolute atomic E-state index is 0.446. The Kier molecular flexibility index (Phi) is 8.17. The predicted octanol–water partition coefficient (Wildman–Crippen LogP) is 6.42. The molecule has 0 aliphatic rings. The molecule has 0 saturated carbocycles. The summed E-state index contributed by atoms with van der Waals surface area (Å²) in [5, 5.41) is 0. The third-order valence-electron chi connectivity index (χ3n) is 4.70. The molecule has 0 aliphatic carbocycles. The maximum absolute atomic E-state index is 2.36. The van der Waals surface area contributed by atoms with Crippen LogP contribution in [0.3, 0.4) is 0 Å². The number of unbranched alkanes of at least 4 members (excludes halogenated alkanes) is 2. The lowest BCUT2D eigenvalue weighted by molar-refractivity contribution is 0.241. The topological polar surface area (TPSA) is 0 Å². The van der Waals surface area contributed by atoms with Crippen LogP contribution >= 0.6 is 0 Å². The van der Waals surface area contributed by atoms with Crippen LogP contribution in [0, 0.1) is 5.41 Å². The molecule has 0 bridgehead atoms. The van der Waals surface area contributed by atoms with Crippen molar-refractivity contribution in [2.75, 3.05) is 19.6 Å². The van der Waals surface area contributed by atoms with Gasteiger partial charge in [-0.15, -0.1) is 0 Å². The SMILES string of the molecule is CCCC[N+](CCCC)(CCCC(C)(C)C)c1ccccc1. The van der Waals surface area contributed by atoms with E-state index in [-0.39, 0.29) is 0 Å². The van der Waals surface area contributed by atoms with Crippen molar-refractivity contribution in [3.63, 3.8) is 0 Å². The van der Waals surface area contributed by atoms with E-state index >= 15 is 0 Å². The number of nitrogens with zero attached hydrogens (tertiary/aromatic N) is 1. The monoisotopic (exact) mass is 304 g/mol. The van der Waals surface area contributed by atoms with Gasteiger partial charge in [-0.1, -0.05) is 65.7 Å². The summed E-state index contributed by atoms with van der Waals surface area (Å²) in [4.78, 5) is 0. The molecule has 0 unspecified atom stereocenters. The molecule has 0 fully saturated rings. The van der Waals surface area contributed by atoms with E-state index in [1.807, 2.05) is 0 Å². The zero-order valence-electron chi connectivity index (χ0n) is 15.7. The Morgan fingerprint density at radius 3 is 1.73 bits per heavy atom. The quantitative estimate of drug-likeness (QED) is 0.437. The van der Waals surface area contributed by atoms with Gasteiger partial charge < -0.3 is 0 Å². The maximum atomic E-state index is 2.36. The predicted molar refractivity (Wildman–Crippen MR) is 101 cm³/mol. The first-order valence-electron chi connectivity index (χ1n) is 9.35. The second-order valence-corrected chi connectivity index (χ2v) is 8.02. The van der Waals surface area contributed by atoms with Crippen molar-refractivity contribution in [2.45, 2.75) is 73.1 Å². The van der Waals surface area contributed by atoms with Crippen molar-refractivity contribution in [2.24, 2.45) is 5.41 Å². The van der Waals surface area contributed by atoms with Gasteiger partial charge in [-0.2, -0.15) is 0 Å². The van der Waals surface area contributed by atoms with E-state index in [9.17, 15) is 0 Å². The summed E-state index contributed by atoms with van der Waals surface area (Å²) < 4.78 is 1.19. The number of quaternary nitrogens is 1. The average molecular weight is 305 g/mol. The summed E-state index contributed by atoms with van der Waals surface area (Å²) in [6, 6.07) is 11.3. The third kappa shape index (κ3) is 6.52. The maximum Gasteiger partial charge on any atom is 0.132 e. The molecule has 0 N–H and O–H groups in total. The molecular formula is C21H38N+. The molecule has 22 heavy (non-hydrogen) atoms. The van der Waals surface area contributed by atoms with Crippen molar-refractivity contribution in [1.82, 2.24) is 4.48 Å². The number of hydrogen-bond acceptors (Lipinski definition) is 0. The Morgan fingerprint density at radius 2 is 1.27 bits per heavy atom. The molecule has 1 rings (SSSR count). The molecule has 126 valence electrons. The fourth-order valence-corrected chi connectivity index (χ4v) is 3.30. The van der Waals surface area contributed by atoms with E-state index in [1.54, 1.807) is 0 Å². The Bertz CT molecular complexity index is 380. The third-order valence-corrected chi connectivity index (χ3v) is 4.70. The van der Waals surface area contributed by atoms with Crippen molar-refractivity contribution < 1.29 is 0 Å². The second kappa shape index (κ2) is 9.35. The highest BCUT2D eigenvalue weighted by Crippen LogP contribution is 2.28. The molecule has 0 aliphatic heterocycles. The van der Waals surface area contributed by atoms with Gasteiger partial charge in [0.1, 0.15) is 5.69 Å². The van der Waals surface area contributed by atoms with Crippen molar-refractivity contribution in [3.8, 4) is 0 Å². The number of hydrogen-bond donors (Lipinski definition) is 0. The van der Waals surface area contributed by atoms with Crippen molar-refractivity contribution >= 4 is 5.69 Å². The largest absolute Gasteiger partial charge is 0.291 e. The summed E-state index contributed by atoms with van der Waals surface area (Å²) in [7, 11) is 0. The first-order chi connectivity index (χ1) is 10.4. The summed E-state index contributed by atoms with van der Waals surface area (Å²) in [6.07, 6.45) is 7.88. The van der Waals surface area contributed by atoms with Crippen LogP contribution < -0.4 is 4.48 Å². The van der Waals surface area contributed by atoms with Crippen LogP contribution in [0.5, 0.6) is 0 Å². The fourth-order valence-electron chi connectivity index (χ4n) is 3.30. The summed E-state index contributed by atoms with van der Waals surface area (Å²) in [6.45, 7) is 15.6. The van der Waals surface area contributed by atoms with Gasteiger partial charge in [0.2, 0.25) is 0 Å². The molecule has 0 saturated heterocycles. The van der Waals surface area contributed by atoms with E-state index in [4.69, 9.17) is 0 Å². The standard InChI is InChI=1S/C21H38N/c1-6-8-17-22(18-9-7-2,19-13-16-21(3,4)5)20-14-11-10-12-15-20/h10-12,14-15H,6-9,13,16-19H2,1-5H3/q+1. The van der Waals surface area contributed by atoms with Gasteiger partial charge in [0, 0.05) is 0 Å². The van der Waals surface area contributed by atoms with Gasteiger partial charge >= 0.3 is 0 Å².